The number of aromatic hydroxyl groups is 1. The normalized spacial score (nSPS) is 10.7. The topological polar surface area (TPSA) is 64.1 Å². The second-order valence-corrected chi connectivity index (χ2v) is 4.00. The minimum absolute atomic E-state index is 0.290. The van der Waals surface area contributed by atoms with Gasteiger partial charge < -0.3 is 10.8 Å². The number of nitrogens with zero attached hydrogens (tertiary/aromatic N) is 2. The molecule has 0 aliphatic rings. The summed E-state index contributed by atoms with van der Waals surface area (Å²) in [5, 5.41) is 13.9. The van der Waals surface area contributed by atoms with E-state index in [2.05, 4.69) is 5.10 Å². The number of anilines is 1. The predicted octanol–water partition coefficient (Wildman–Crippen LogP) is 1.99. The van der Waals surface area contributed by atoms with Crippen LogP contribution in [-0.2, 0) is 7.05 Å². The molecule has 0 saturated carbocycles. The molecule has 0 spiro atoms. The number of rotatable bonds is 1. The van der Waals surface area contributed by atoms with Gasteiger partial charge in [0, 0.05) is 12.6 Å². The van der Waals surface area contributed by atoms with Crippen molar-refractivity contribution in [3.05, 3.63) is 29.5 Å². The molecule has 0 unspecified atom stereocenters. The Labute approximate surface area is 94.3 Å². The summed E-state index contributed by atoms with van der Waals surface area (Å²) in [5.74, 6) is 0.890. The summed E-state index contributed by atoms with van der Waals surface area (Å²) in [6, 6.07) is 3.72. The van der Waals surface area contributed by atoms with Crippen molar-refractivity contribution in [2.24, 2.45) is 7.05 Å². The van der Waals surface area contributed by atoms with Crippen molar-refractivity contribution in [3.8, 4) is 16.9 Å². The fraction of sp³-hybridized carbons (Fsp3) is 0.250. The zero-order valence-electron chi connectivity index (χ0n) is 9.65. The molecule has 2 aromatic rings. The molecule has 84 valence electrons. The molecule has 16 heavy (non-hydrogen) atoms. The molecule has 1 heterocycles. The van der Waals surface area contributed by atoms with Crippen molar-refractivity contribution < 1.29 is 5.11 Å². The first-order valence-electron chi connectivity index (χ1n) is 5.08. The molecule has 0 bridgehead atoms. The standard InChI is InChI=1S/C12H15N3O/c1-7-4-9(5-11(16)8(7)2)10-6-14-15(3)12(10)13/h4-6,16H,13H2,1-3H3. The average molecular weight is 217 g/mol. The van der Waals surface area contributed by atoms with Crippen molar-refractivity contribution in [2.45, 2.75) is 13.8 Å². The first kappa shape index (κ1) is 10.5. The van der Waals surface area contributed by atoms with E-state index < -0.39 is 0 Å². The SMILES string of the molecule is Cc1cc(-c2cnn(C)c2N)cc(O)c1C. The minimum atomic E-state index is 0.290. The van der Waals surface area contributed by atoms with Crippen molar-refractivity contribution in [2.75, 3.05) is 5.73 Å². The zero-order valence-corrected chi connectivity index (χ0v) is 9.65. The molecule has 1 aromatic carbocycles. The largest absolute Gasteiger partial charge is 0.508 e. The molecule has 0 aliphatic carbocycles. The number of hydrogen-bond acceptors (Lipinski definition) is 3. The van der Waals surface area contributed by atoms with Crippen molar-refractivity contribution in [1.82, 2.24) is 9.78 Å². The van der Waals surface area contributed by atoms with Gasteiger partial charge in [-0.25, -0.2) is 0 Å². The van der Waals surface area contributed by atoms with Gasteiger partial charge in [0.2, 0.25) is 0 Å². The average Bonchev–Trinajstić information content (AvgIpc) is 2.56. The Morgan fingerprint density at radius 3 is 2.50 bits per heavy atom. The van der Waals surface area contributed by atoms with E-state index in [0.717, 1.165) is 22.3 Å². The van der Waals surface area contributed by atoms with Gasteiger partial charge in [-0.05, 0) is 36.6 Å². The lowest BCUT2D eigenvalue weighted by atomic mass is 10.0. The lowest BCUT2D eigenvalue weighted by Gasteiger charge is -2.07. The summed E-state index contributed by atoms with van der Waals surface area (Å²) < 4.78 is 1.61. The molecule has 0 aliphatic heterocycles. The summed E-state index contributed by atoms with van der Waals surface area (Å²) >= 11 is 0. The van der Waals surface area contributed by atoms with Crippen LogP contribution >= 0.6 is 0 Å². The van der Waals surface area contributed by atoms with Crippen LogP contribution in [-0.4, -0.2) is 14.9 Å². The molecule has 1 aromatic heterocycles. The first-order valence-corrected chi connectivity index (χ1v) is 5.08. The third kappa shape index (κ3) is 1.52. The number of aryl methyl sites for hydroxylation is 2. The molecule has 0 atom stereocenters. The summed E-state index contributed by atoms with van der Waals surface area (Å²) in [6.07, 6.45) is 1.71. The van der Waals surface area contributed by atoms with E-state index in [-0.39, 0.29) is 0 Å². The van der Waals surface area contributed by atoms with E-state index in [1.165, 1.54) is 0 Å². The highest BCUT2D eigenvalue weighted by Gasteiger charge is 2.10. The van der Waals surface area contributed by atoms with Crippen LogP contribution in [0.5, 0.6) is 5.75 Å². The predicted molar refractivity (Wildman–Crippen MR) is 64.2 cm³/mol. The number of phenolic OH excluding ortho intramolecular Hbond substituents is 1. The van der Waals surface area contributed by atoms with Crippen molar-refractivity contribution in [1.29, 1.82) is 0 Å². The van der Waals surface area contributed by atoms with Gasteiger partial charge in [-0.1, -0.05) is 6.07 Å². The van der Waals surface area contributed by atoms with Gasteiger partial charge in [-0.15, -0.1) is 0 Å². The van der Waals surface area contributed by atoms with Crippen LogP contribution in [0.2, 0.25) is 0 Å². The Balaban J connectivity index is 2.61. The summed E-state index contributed by atoms with van der Waals surface area (Å²) in [7, 11) is 1.79. The van der Waals surface area contributed by atoms with Crippen LogP contribution < -0.4 is 5.73 Å². The lowest BCUT2D eigenvalue weighted by molar-refractivity contribution is 0.471. The van der Waals surface area contributed by atoms with E-state index >= 15 is 0 Å². The molecular weight excluding hydrogens is 202 g/mol. The molecule has 0 saturated heterocycles. The van der Waals surface area contributed by atoms with Crippen LogP contribution in [0.25, 0.3) is 11.1 Å². The van der Waals surface area contributed by atoms with Crippen LogP contribution in [0.15, 0.2) is 18.3 Å². The molecule has 2 rings (SSSR count). The van der Waals surface area contributed by atoms with E-state index in [1.54, 1.807) is 24.0 Å². The Hall–Kier alpha value is -1.97. The summed E-state index contributed by atoms with van der Waals surface area (Å²) in [6.45, 7) is 3.85. The van der Waals surface area contributed by atoms with Gasteiger partial charge in [-0.3, -0.25) is 4.68 Å². The fourth-order valence-electron chi connectivity index (χ4n) is 1.67. The number of benzene rings is 1. The second kappa shape index (κ2) is 3.56. The monoisotopic (exact) mass is 217 g/mol. The Kier molecular flexibility index (Phi) is 2.34. The van der Waals surface area contributed by atoms with Crippen LogP contribution in [0.4, 0.5) is 5.82 Å². The van der Waals surface area contributed by atoms with Crippen LogP contribution in [0, 0.1) is 13.8 Å². The van der Waals surface area contributed by atoms with E-state index in [9.17, 15) is 5.11 Å². The Morgan fingerprint density at radius 2 is 2.00 bits per heavy atom. The van der Waals surface area contributed by atoms with Crippen LogP contribution in [0.1, 0.15) is 11.1 Å². The van der Waals surface area contributed by atoms with E-state index in [1.807, 2.05) is 19.9 Å². The van der Waals surface area contributed by atoms with Crippen molar-refractivity contribution in [3.63, 3.8) is 0 Å². The zero-order chi connectivity index (χ0) is 11.9. The highest BCUT2D eigenvalue weighted by atomic mass is 16.3. The third-order valence-corrected chi connectivity index (χ3v) is 2.94. The highest BCUT2D eigenvalue weighted by Crippen LogP contribution is 2.31. The molecule has 4 heteroatoms. The molecule has 0 fully saturated rings. The first-order chi connectivity index (χ1) is 7.50. The quantitative estimate of drug-likeness (QED) is 0.767. The van der Waals surface area contributed by atoms with Crippen LogP contribution in [0.3, 0.4) is 0 Å². The maximum absolute atomic E-state index is 9.77. The van der Waals surface area contributed by atoms with Gasteiger partial charge >= 0.3 is 0 Å². The molecular formula is C12H15N3O. The van der Waals surface area contributed by atoms with Crippen molar-refractivity contribution >= 4 is 5.82 Å². The maximum atomic E-state index is 9.77. The summed E-state index contributed by atoms with van der Waals surface area (Å²) in [4.78, 5) is 0. The molecule has 3 N–H and O–H groups in total. The van der Waals surface area contributed by atoms with Gasteiger partial charge in [0.15, 0.2) is 0 Å². The third-order valence-electron chi connectivity index (χ3n) is 2.94. The summed E-state index contributed by atoms with van der Waals surface area (Å²) in [5.41, 5.74) is 9.57. The molecule has 4 nitrogen and oxygen atoms in total. The lowest BCUT2D eigenvalue weighted by Crippen LogP contribution is -1.98. The smallest absolute Gasteiger partial charge is 0.129 e. The van der Waals surface area contributed by atoms with Gasteiger partial charge in [0.1, 0.15) is 11.6 Å². The minimum Gasteiger partial charge on any atom is -0.508 e. The molecule has 0 radical (unpaired) electrons. The van der Waals surface area contributed by atoms with E-state index in [4.69, 9.17) is 5.73 Å². The van der Waals surface area contributed by atoms with Gasteiger partial charge in [0.25, 0.3) is 0 Å². The Bertz CT molecular complexity index is 520. The second-order valence-electron chi connectivity index (χ2n) is 4.00. The number of hydrogen-bond donors (Lipinski definition) is 2. The number of nitrogens with two attached hydrogens (primary N) is 1. The van der Waals surface area contributed by atoms with Gasteiger partial charge in [-0.2, -0.15) is 5.10 Å². The number of phenols is 1. The van der Waals surface area contributed by atoms with Gasteiger partial charge in [0.05, 0.1) is 6.20 Å². The number of aromatic nitrogens is 2. The maximum Gasteiger partial charge on any atom is 0.129 e. The number of nitrogen functional groups attached to an aromatic ring is 1. The Morgan fingerprint density at radius 1 is 1.31 bits per heavy atom. The fourth-order valence-corrected chi connectivity index (χ4v) is 1.67. The highest BCUT2D eigenvalue weighted by molar-refractivity contribution is 5.75. The molecule has 0 amide bonds. The van der Waals surface area contributed by atoms with E-state index in [0.29, 0.717) is 11.6 Å².